The van der Waals surface area contributed by atoms with Gasteiger partial charge >= 0.3 is 18.4 Å². The molecule has 3 aromatic rings. The van der Waals surface area contributed by atoms with Crippen LogP contribution in [0.25, 0.3) is 0 Å². The number of rotatable bonds is 10. The Morgan fingerprint density at radius 2 is 1.53 bits per heavy atom. The zero-order valence-electron chi connectivity index (χ0n) is 27.0. The number of methoxy groups -OCH3 is 1. The van der Waals surface area contributed by atoms with E-state index in [0.717, 1.165) is 24.0 Å². The lowest BCUT2D eigenvalue weighted by atomic mass is 9.75. The van der Waals surface area contributed by atoms with Crippen molar-refractivity contribution in [3.63, 3.8) is 0 Å². The number of nitrogens with zero attached hydrogens (tertiary/aromatic N) is 2. The molecule has 3 amide bonds. The minimum absolute atomic E-state index is 0.0812. The molecule has 2 saturated heterocycles. The summed E-state index contributed by atoms with van der Waals surface area (Å²) >= 11 is 0. The Bertz CT molecular complexity index is 1630. The lowest BCUT2D eigenvalue weighted by molar-refractivity contribution is -0.143. The van der Waals surface area contributed by atoms with E-state index in [4.69, 9.17) is 9.47 Å². The molecule has 3 aromatic carbocycles. The summed E-state index contributed by atoms with van der Waals surface area (Å²) < 4.78 is 92.8. The summed E-state index contributed by atoms with van der Waals surface area (Å²) in [6, 6.07) is 17.4. The first-order valence-electron chi connectivity index (χ1n) is 16.1. The van der Waals surface area contributed by atoms with Crippen LogP contribution < -0.4 is 10.1 Å². The third kappa shape index (κ3) is 7.00. The van der Waals surface area contributed by atoms with Crippen LogP contribution in [0.15, 0.2) is 72.8 Å². The summed E-state index contributed by atoms with van der Waals surface area (Å²) in [6.45, 7) is 1.90. The van der Waals surface area contributed by atoms with E-state index in [2.05, 4.69) is 5.32 Å². The highest BCUT2D eigenvalue weighted by Gasteiger charge is 2.60. The highest BCUT2D eigenvalue weighted by Crippen LogP contribution is 2.45. The van der Waals surface area contributed by atoms with Gasteiger partial charge in [0.1, 0.15) is 11.3 Å². The molecule has 7 nitrogen and oxygen atoms in total. The van der Waals surface area contributed by atoms with Crippen LogP contribution in [0.1, 0.15) is 66.5 Å². The first-order chi connectivity index (χ1) is 23.1. The van der Waals surface area contributed by atoms with Gasteiger partial charge in [0.05, 0.1) is 43.0 Å². The quantitative estimate of drug-likeness (QED) is 0.175. The van der Waals surface area contributed by atoms with Crippen molar-refractivity contribution < 1.29 is 45.4 Å². The van der Waals surface area contributed by atoms with Gasteiger partial charge in [0.25, 0.3) is 5.91 Å². The maximum Gasteiger partial charge on any atom is 0.416 e. The van der Waals surface area contributed by atoms with Gasteiger partial charge in [-0.05, 0) is 85.5 Å². The number of imide groups is 1. The van der Waals surface area contributed by atoms with Crippen molar-refractivity contribution in [2.24, 2.45) is 5.92 Å². The van der Waals surface area contributed by atoms with Gasteiger partial charge in [0.2, 0.25) is 0 Å². The molecular weight excluding hydrogens is 652 g/mol. The van der Waals surface area contributed by atoms with Crippen molar-refractivity contribution in [3.05, 3.63) is 101 Å². The molecule has 1 aliphatic carbocycles. The topological polar surface area (TPSA) is 71.1 Å². The summed E-state index contributed by atoms with van der Waals surface area (Å²) in [5.41, 5.74) is -3.67. The van der Waals surface area contributed by atoms with Crippen LogP contribution in [-0.4, -0.2) is 54.1 Å². The minimum Gasteiger partial charge on any atom is -0.497 e. The Labute approximate surface area is 280 Å². The fourth-order valence-electron chi connectivity index (χ4n) is 6.76. The molecule has 262 valence electrons. The molecule has 1 unspecified atom stereocenters. The fraction of sp³-hybridized carbons (Fsp3) is 0.444. The molecule has 3 fully saturated rings. The largest absolute Gasteiger partial charge is 0.497 e. The van der Waals surface area contributed by atoms with Gasteiger partial charge in [0.15, 0.2) is 0 Å². The number of nitrogens with one attached hydrogen (secondary N) is 1. The first kappa shape index (κ1) is 34.8. The standard InChI is InChI=1S/C36H37F6N3O4/c1-23(26-16-28(35(37,38)39)18-29(17-26)36(40,41)42)49-22-33(27-6-4-3-5-7-27)14-15-34(21-43-33)31(46)44(32(47)45(34)20-25-8-9-25)19-24-10-12-30(48-2)13-11-24/h3-7,10-13,16-18,23,25,43H,8-9,14-15,19-22H2,1-2H3/t23-,33-,34?/m1/s1. The van der Waals surface area contributed by atoms with Gasteiger partial charge in [-0.25, -0.2) is 4.79 Å². The third-order valence-corrected chi connectivity index (χ3v) is 9.93. The Balaban J connectivity index is 1.26. The monoisotopic (exact) mass is 689 g/mol. The van der Waals surface area contributed by atoms with E-state index >= 15 is 0 Å². The van der Waals surface area contributed by atoms with Gasteiger partial charge in [-0.15, -0.1) is 0 Å². The van der Waals surface area contributed by atoms with Crippen LogP contribution in [-0.2, 0) is 34.0 Å². The number of alkyl halides is 6. The predicted octanol–water partition coefficient (Wildman–Crippen LogP) is 7.70. The van der Waals surface area contributed by atoms with Crippen molar-refractivity contribution in [3.8, 4) is 5.75 Å². The molecule has 2 aliphatic heterocycles. The summed E-state index contributed by atoms with van der Waals surface area (Å²) in [6.07, 6.45) is -8.61. The number of urea groups is 1. The number of carbonyl (C=O) groups excluding carboxylic acids is 2. The average Bonchev–Trinajstić information content (AvgIpc) is 3.90. The van der Waals surface area contributed by atoms with Gasteiger partial charge < -0.3 is 19.7 Å². The molecule has 3 atom stereocenters. The first-order valence-corrected chi connectivity index (χ1v) is 16.1. The van der Waals surface area contributed by atoms with Crippen LogP contribution in [0.2, 0.25) is 0 Å². The molecule has 3 aliphatic rings. The molecule has 6 rings (SSSR count). The second kappa shape index (κ2) is 13.0. The van der Waals surface area contributed by atoms with E-state index in [1.165, 1.54) is 11.8 Å². The second-order valence-electron chi connectivity index (χ2n) is 13.2. The number of hydrogen-bond acceptors (Lipinski definition) is 5. The number of hydrogen-bond donors (Lipinski definition) is 1. The van der Waals surface area contributed by atoms with Gasteiger partial charge in [-0.3, -0.25) is 9.69 Å². The molecule has 1 saturated carbocycles. The zero-order chi connectivity index (χ0) is 35.2. The van der Waals surface area contributed by atoms with E-state index in [1.54, 1.807) is 36.3 Å². The number of carbonyl (C=O) groups is 2. The number of halogens is 6. The summed E-state index contributed by atoms with van der Waals surface area (Å²) in [4.78, 5) is 31.1. The van der Waals surface area contributed by atoms with Gasteiger partial charge in [0, 0.05) is 13.1 Å². The molecule has 0 aromatic heterocycles. The fourth-order valence-corrected chi connectivity index (χ4v) is 6.76. The second-order valence-corrected chi connectivity index (χ2v) is 13.2. The number of piperidine rings is 1. The summed E-state index contributed by atoms with van der Waals surface area (Å²) in [7, 11) is 1.55. The number of ether oxygens (including phenoxy) is 2. The van der Waals surface area contributed by atoms with E-state index in [9.17, 15) is 35.9 Å². The zero-order valence-corrected chi connectivity index (χ0v) is 27.0. The molecule has 13 heteroatoms. The van der Waals surface area contributed by atoms with Crippen LogP contribution in [0, 0.1) is 5.92 Å². The lowest BCUT2D eigenvalue weighted by Crippen LogP contribution is -2.65. The number of amides is 3. The van der Waals surface area contributed by atoms with Crippen molar-refractivity contribution in [1.29, 1.82) is 0 Å². The lowest BCUT2D eigenvalue weighted by Gasteiger charge is -2.48. The van der Waals surface area contributed by atoms with E-state index in [0.29, 0.717) is 36.8 Å². The van der Waals surface area contributed by atoms with Crippen molar-refractivity contribution in [1.82, 2.24) is 15.1 Å². The Morgan fingerprint density at radius 1 is 0.898 bits per heavy atom. The summed E-state index contributed by atoms with van der Waals surface area (Å²) in [5.74, 6) is 0.628. The van der Waals surface area contributed by atoms with E-state index in [1.807, 2.05) is 30.3 Å². The molecular formula is C36H37F6N3O4. The highest BCUT2D eigenvalue weighted by molar-refractivity contribution is 6.07. The highest BCUT2D eigenvalue weighted by atomic mass is 19.4. The molecule has 2 heterocycles. The SMILES string of the molecule is COc1ccc(CN2C(=O)N(CC3CC3)C3(CC[C@@](CO[C@H](C)c4cc(C(F)(F)F)cc(C(F)(F)F)c4)(c4ccccc4)NC3)C2=O)cc1. The average molecular weight is 690 g/mol. The normalized spacial score (nSPS) is 23.8. The van der Waals surface area contributed by atoms with E-state index in [-0.39, 0.29) is 49.7 Å². The molecule has 0 radical (unpaired) electrons. The maximum atomic E-state index is 14.2. The van der Waals surface area contributed by atoms with Crippen LogP contribution in [0.3, 0.4) is 0 Å². The molecule has 0 bridgehead atoms. The van der Waals surface area contributed by atoms with Crippen LogP contribution in [0.4, 0.5) is 31.1 Å². The molecule has 1 N–H and O–H groups in total. The minimum atomic E-state index is -4.99. The van der Waals surface area contributed by atoms with Gasteiger partial charge in [-0.1, -0.05) is 42.5 Å². The van der Waals surface area contributed by atoms with Crippen molar-refractivity contribution >= 4 is 11.9 Å². The van der Waals surface area contributed by atoms with Crippen molar-refractivity contribution in [2.45, 2.75) is 68.7 Å². The summed E-state index contributed by atoms with van der Waals surface area (Å²) in [5, 5.41) is 3.49. The van der Waals surface area contributed by atoms with Gasteiger partial charge in [-0.2, -0.15) is 26.3 Å². The Morgan fingerprint density at radius 3 is 2.06 bits per heavy atom. The van der Waals surface area contributed by atoms with Crippen LogP contribution >= 0.6 is 0 Å². The third-order valence-electron chi connectivity index (χ3n) is 9.93. The number of benzene rings is 3. The Hall–Kier alpha value is -4.10. The Kier molecular flexibility index (Phi) is 9.20. The van der Waals surface area contributed by atoms with Crippen molar-refractivity contribution in [2.75, 3.05) is 26.8 Å². The van der Waals surface area contributed by atoms with Crippen LogP contribution in [0.5, 0.6) is 5.75 Å². The smallest absolute Gasteiger partial charge is 0.416 e. The van der Waals surface area contributed by atoms with E-state index < -0.39 is 40.7 Å². The predicted molar refractivity (Wildman–Crippen MR) is 167 cm³/mol. The maximum absolute atomic E-state index is 14.2. The molecule has 1 spiro atoms. The molecule has 49 heavy (non-hydrogen) atoms.